The van der Waals surface area contributed by atoms with Gasteiger partial charge in [-0.15, -0.1) is 0 Å². The van der Waals surface area contributed by atoms with Gasteiger partial charge in [0.15, 0.2) is 0 Å². The third kappa shape index (κ3) is 2.90. The highest BCUT2D eigenvalue weighted by atomic mass is 16.4. The van der Waals surface area contributed by atoms with Crippen LogP contribution in [0.1, 0.15) is 46.0 Å². The first-order valence-corrected chi connectivity index (χ1v) is 6.23. The minimum Gasteiger partial charge on any atom is -0.480 e. The molecule has 1 saturated carbocycles. The molecule has 1 rings (SSSR count). The second-order valence-corrected chi connectivity index (χ2v) is 4.79. The lowest BCUT2D eigenvalue weighted by Crippen LogP contribution is -2.58. The van der Waals surface area contributed by atoms with Gasteiger partial charge in [0.2, 0.25) is 0 Å². The molecule has 0 spiro atoms. The minimum absolute atomic E-state index is 0.0951. The Morgan fingerprint density at radius 3 is 2.29 bits per heavy atom. The van der Waals surface area contributed by atoms with Crippen molar-refractivity contribution >= 4 is 12.0 Å². The fourth-order valence-electron chi connectivity index (χ4n) is 2.24. The Kier molecular flexibility index (Phi) is 4.37. The van der Waals surface area contributed by atoms with Gasteiger partial charge in [0, 0.05) is 12.6 Å². The summed E-state index contributed by atoms with van der Waals surface area (Å²) in [6, 6.07) is -1.02. The minimum atomic E-state index is -0.954. The average molecular weight is 242 g/mol. The van der Waals surface area contributed by atoms with Crippen LogP contribution in [0.3, 0.4) is 0 Å². The van der Waals surface area contributed by atoms with E-state index in [-0.39, 0.29) is 11.6 Å². The molecule has 1 aliphatic carbocycles. The number of carboxylic acid groups (broad SMARTS) is 1. The van der Waals surface area contributed by atoms with Gasteiger partial charge >= 0.3 is 12.0 Å². The molecule has 1 atom stereocenters. The summed E-state index contributed by atoms with van der Waals surface area (Å²) >= 11 is 0. The zero-order valence-electron chi connectivity index (χ0n) is 10.8. The number of hydrogen-bond donors (Lipinski definition) is 2. The molecule has 17 heavy (non-hydrogen) atoms. The van der Waals surface area contributed by atoms with Crippen molar-refractivity contribution in [3.05, 3.63) is 0 Å². The molecule has 0 aromatic heterocycles. The molecule has 0 bridgehead atoms. The number of amides is 2. The van der Waals surface area contributed by atoms with Crippen molar-refractivity contribution in [3.63, 3.8) is 0 Å². The summed E-state index contributed by atoms with van der Waals surface area (Å²) in [7, 11) is 1.54. The van der Waals surface area contributed by atoms with Crippen LogP contribution in [-0.4, -0.2) is 40.6 Å². The fourth-order valence-corrected chi connectivity index (χ4v) is 2.24. The van der Waals surface area contributed by atoms with E-state index in [1.165, 1.54) is 4.90 Å². The van der Waals surface area contributed by atoms with Gasteiger partial charge in [-0.25, -0.2) is 9.59 Å². The van der Waals surface area contributed by atoms with E-state index in [0.717, 1.165) is 25.7 Å². The summed E-state index contributed by atoms with van der Waals surface area (Å²) < 4.78 is 0. The monoisotopic (exact) mass is 242 g/mol. The average Bonchev–Trinajstić information content (AvgIpc) is 2.23. The highest BCUT2D eigenvalue weighted by Crippen LogP contribution is 2.34. The Morgan fingerprint density at radius 1 is 1.41 bits per heavy atom. The van der Waals surface area contributed by atoms with Crippen molar-refractivity contribution < 1.29 is 14.7 Å². The number of carboxylic acids is 1. The Labute approximate surface area is 102 Å². The number of carbonyl (C=O) groups excluding carboxylic acids is 1. The van der Waals surface area contributed by atoms with Crippen LogP contribution in [0.2, 0.25) is 0 Å². The highest BCUT2D eigenvalue weighted by Gasteiger charge is 2.38. The van der Waals surface area contributed by atoms with Crippen molar-refractivity contribution in [2.75, 3.05) is 7.05 Å². The first-order valence-electron chi connectivity index (χ1n) is 6.23. The van der Waals surface area contributed by atoms with Crippen molar-refractivity contribution in [1.29, 1.82) is 0 Å². The lowest BCUT2D eigenvalue weighted by atomic mass is 9.75. The summed E-state index contributed by atoms with van der Waals surface area (Å²) in [5, 5.41) is 12.0. The van der Waals surface area contributed by atoms with E-state index < -0.39 is 12.0 Å². The maximum atomic E-state index is 12.0. The van der Waals surface area contributed by atoms with Crippen molar-refractivity contribution in [3.8, 4) is 0 Å². The van der Waals surface area contributed by atoms with Crippen LogP contribution in [0, 0.1) is 0 Å². The second kappa shape index (κ2) is 5.38. The zero-order chi connectivity index (χ0) is 13.1. The fraction of sp³-hybridized carbons (Fsp3) is 0.833. The maximum absolute atomic E-state index is 12.0. The van der Waals surface area contributed by atoms with Gasteiger partial charge in [-0.2, -0.15) is 0 Å². The zero-order valence-corrected chi connectivity index (χ0v) is 10.8. The number of urea groups is 1. The molecular formula is C12H22N2O3. The van der Waals surface area contributed by atoms with Gasteiger partial charge in [-0.1, -0.05) is 13.8 Å². The summed E-state index contributed by atoms with van der Waals surface area (Å²) in [5.41, 5.74) is -0.0951. The van der Waals surface area contributed by atoms with Crippen LogP contribution >= 0.6 is 0 Å². The number of carbonyl (C=O) groups is 2. The summed E-state index contributed by atoms with van der Waals surface area (Å²) in [4.78, 5) is 24.2. The topological polar surface area (TPSA) is 69.6 Å². The van der Waals surface area contributed by atoms with E-state index in [4.69, 9.17) is 5.11 Å². The number of nitrogens with zero attached hydrogens (tertiary/aromatic N) is 1. The van der Waals surface area contributed by atoms with E-state index in [0.29, 0.717) is 6.42 Å². The Hall–Kier alpha value is -1.26. The van der Waals surface area contributed by atoms with Crippen LogP contribution in [0.4, 0.5) is 4.79 Å². The maximum Gasteiger partial charge on any atom is 0.326 e. The molecule has 2 N–H and O–H groups in total. The molecule has 2 amide bonds. The smallest absolute Gasteiger partial charge is 0.326 e. The summed E-state index contributed by atoms with van der Waals surface area (Å²) in [5.74, 6) is -0.954. The van der Waals surface area contributed by atoms with Crippen LogP contribution in [0.25, 0.3) is 0 Å². The third-order valence-electron chi connectivity index (χ3n) is 3.82. The molecule has 5 nitrogen and oxygen atoms in total. The molecular weight excluding hydrogens is 220 g/mol. The normalized spacial score (nSPS) is 19.0. The van der Waals surface area contributed by atoms with E-state index >= 15 is 0 Å². The summed E-state index contributed by atoms with van der Waals surface area (Å²) in [6.45, 7) is 3.81. The largest absolute Gasteiger partial charge is 0.480 e. The molecule has 0 saturated heterocycles. The predicted octanol–water partition coefficient (Wildman–Crippen LogP) is 1.82. The molecule has 1 aliphatic rings. The van der Waals surface area contributed by atoms with Gasteiger partial charge in [0.05, 0.1) is 0 Å². The lowest BCUT2D eigenvalue weighted by Gasteiger charge is -2.43. The Balaban J connectivity index is 2.60. The number of aliphatic carboxylic acids is 1. The van der Waals surface area contributed by atoms with E-state index in [9.17, 15) is 9.59 Å². The molecule has 98 valence electrons. The van der Waals surface area contributed by atoms with Crippen molar-refractivity contribution in [1.82, 2.24) is 10.2 Å². The van der Waals surface area contributed by atoms with Crippen LogP contribution in [0.15, 0.2) is 0 Å². The van der Waals surface area contributed by atoms with E-state index in [2.05, 4.69) is 5.32 Å². The lowest BCUT2D eigenvalue weighted by molar-refractivity contribution is -0.141. The van der Waals surface area contributed by atoms with Gasteiger partial charge in [0.1, 0.15) is 6.04 Å². The first kappa shape index (κ1) is 13.8. The van der Waals surface area contributed by atoms with Gasteiger partial charge in [0.25, 0.3) is 0 Å². The van der Waals surface area contributed by atoms with E-state index in [1.807, 2.05) is 6.92 Å². The molecule has 0 heterocycles. The van der Waals surface area contributed by atoms with Crippen molar-refractivity contribution in [2.45, 2.75) is 57.5 Å². The quantitative estimate of drug-likeness (QED) is 0.772. The second-order valence-electron chi connectivity index (χ2n) is 4.79. The molecule has 0 radical (unpaired) electrons. The number of rotatable bonds is 5. The van der Waals surface area contributed by atoms with Crippen LogP contribution in [-0.2, 0) is 4.79 Å². The molecule has 0 aromatic rings. The van der Waals surface area contributed by atoms with Crippen molar-refractivity contribution in [2.24, 2.45) is 0 Å². The van der Waals surface area contributed by atoms with Gasteiger partial charge < -0.3 is 15.3 Å². The van der Waals surface area contributed by atoms with Gasteiger partial charge in [-0.3, -0.25) is 0 Å². The predicted molar refractivity (Wildman–Crippen MR) is 64.9 cm³/mol. The molecule has 1 fully saturated rings. The molecule has 0 aromatic carbocycles. The SMILES string of the molecule is CCC(C(=O)O)N(C)C(=O)NC1(CC)CCC1. The molecule has 0 aliphatic heterocycles. The van der Waals surface area contributed by atoms with Crippen LogP contribution < -0.4 is 5.32 Å². The number of likely N-dealkylation sites (N-methyl/N-ethyl adjacent to an activating group) is 1. The highest BCUT2D eigenvalue weighted by molar-refractivity contribution is 5.82. The first-order chi connectivity index (χ1) is 7.95. The van der Waals surface area contributed by atoms with Crippen LogP contribution in [0.5, 0.6) is 0 Å². The number of hydrogen-bond acceptors (Lipinski definition) is 2. The molecule has 1 unspecified atom stereocenters. The Morgan fingerprint density at radius 2 is 2.00 bits per heavy atom. The third-order valence-corrected chi connectivity index (χ3v) is 3.82. The van der Waals surface area contributed by atoms with Gasteiger partial charge in [-0.05, 0) is 32.1 Å². The summed E-state index contributed by atoms with van der Waals surface area (Å²) in [6.07, 6.45) is 4.43. The van der Waals surface area contributed by atoms with E-state index in [1.54, 1.807) is 14.0 Å². The standard InChI is InChI=1S/C12H22N2O3/c1-4-9(10(15)16)14(3)11(17)13-12(5-2)7-6-8-12/h9H,4-8H2,1-3H3,(H,13,17)(H,15,16). The Bertz CT molecular complexity index is 295. The number of nitrogens with one attached hydrogen (secondary N) is 1. The molecule has 5 heteroatoms.